The number of amides is 1. The predicted molar refractivity (Wildman–Crippen MR) is 85.3 cm³/mol. The van der Waals surface area contributed by atoms with Crippen molar-refractivity contribution >= 4 is 15.7 Å². The number of likely N-dealkylation sites (tertiary alicyclic amines) is 1. The van der Waals surface area contributed by atoms with E-state index in [-0.39, 0.29) is 36.4 Å². The molecule has 8 heteroatoms. The molecule has 1 spiro atoms. The van der Waals surface area contributed by atoms with Gasteiger partial charge in [0.2, 0.25) is 0 Å². The summed E-state index contributed by atoms with van der Waals surface area (Å²) in [6, 6.07) is 1.58. The molecule has 1 aromatic rings. The van der Waals surface area contributed by atoms with Crippen molar-refractivity contribution < 1.29 is 22.5 Å². The largest absolute Gasteiger partial charge is 0.381 e. The summed E-state index contributed by atoms with van der Waals surface area (Å²) in [6.45, 7) is 3.39. The Labute approximate surface area is 141 Å². The van der Waals surface area contributed by atoms with Crippen molar-refractivity contribution in [2.75, 3.05) is 32.1 Å². The highest BCUT2D eigenvalue weighted by Gasteiger charge is 2.62. The van der Waals surface area contributed by atoms with Gasteiger partial charge in [-0.15, -0.1) is 0 Å². The van der Waals surface area contributed by atoms with Crippen molar-refractivity contribution in [1.82, 2.24) is 10.1 Å². The lowest BCUT2D eigenvalue weighted by Crippen LogP contribution is -2.68. The monoisotopic (exact) mass is 354 g/mol. The first-order valence-corrected chi connectivity index (χ1v) is 10.1. The molecule has 4 rings (SSSR count). The molecule has 0 aromatic carbocycles. The van der Waals surface area contributed by atoms with E-state index in [2.05, 4.69) is 5.16 Å². The van der Waals surface area contributed by atoms with Crippen LogP contribution in [0.15, 0.2) is 10.6 Å². The van der Waals surface area contributed by atoms with Crippen LogP contribution in [0.2, 0.25) is 0 Å². The Hall–Kier alpha value is -1.41. The van der Waals surface area contributed by atoms with Crippen molar-refractivity contribution in [3.05, 3.63) is 17.5 Å². The molecule has 0 unspecified atom stereocenters. The molecule has 1 aliphatic carbocycles. The SMILES string of the molecule is Cc1cc(C(=O)N2CC3(C2)[C@H](COCC2CC2)CCS3(=O)=O)no1. The third-order valence-electron chi connectivity index (χ3n) is 5.52. The molecule has 3 heterocycles. The predicted octanol–water partition coefficient (Wildman–Crippen LogP) is 1.04. The van der Waals surface area contributed by atoms with Gasteiger partial charge in [-0.25, -0.2) is 8.42 Å². The zero-order valence-electron chi connectivity index (χ0n) is 13.7. The minimum Gasteiger partial charge on any atom is -0.381 e. The van der Waals surface area contributed by atoms with Crippen LogP contribution < -0.4 is 0 Å². The van der Waals surface area contributed by atoms with E-state index in [1.165, 1.54) is 12.8 Å². The van der Waals surface area contributed by atoms with Gasteiger partial charge in [0, 0.05) is 31.7 Å². The number of rotatable bonds is 5. The highest BCUT2D eigenvalue weighted by atomic mass is 32.2. The lowest BCUT2D eigenvalue weighted by molar-refractivity contribution is 0.0222. The number of aromatic nitrogens is 1. The van der Waals surface area contributed by atoms with E-state index in [0.29, 0.717) is 24.7 Å². The van der Waals surface area contributed by atoms with Gasteiger partial charge in [0.05, 0.1) is 12.4 Å². The van der Waals surface area contributed by atoms with Crippen LogP contribution in [-0.4, -0.2) is 61.2 Å². The summed E-state index contributed by atoms with van der Waals surface area (Å²) in [7, 11) is -3.20. The maximum absolute atomic E-state index is 12.6. The van der Waals surface area contributed by atoms with E-state index in [9.17, 15) is 13.2 Å². The average molecular weight is 354 g/mol. The third kappa shape index (κ3) is 2.56. The van der Waals surface area contributed by atoms with Crippen LogP contribution in [0.4, 0.5) is 0 Å². The molecule has 7 nitrogen and oxygen atoms in total. The number of aryl methyl sites for hydroxylation is 1. The Morgan fingerprint density at radius 3 is 2.75 bits per heavy atom. The second-order valence-corrected chi connectivity index (χ2v) is 9.78. The molecular formula is C16H22N2O5S. The minimum atomic E-state index is -3.20. The van der Waals surface area contributed by atoms with E-state index in [1.807, 2.05) is 0 Å². The van der Waals surface area contributed by atoms with Gasteiger partial charge in [-0.2, -0.15) is 0 Å². The van der Waals surface area contributed by atoms with E-state index >= 15 is 0 Å². The second kappa shape index (κ2) is 5.56. The molecule has 2 saturated heterocycles. The fraction of sp³-hybridized carbons (Fsp3) is 0.750. The van der Waals surface area contributed by atoms with Crippen LogP contribution in [0.5, 0.6) is 0 Å². The summed E-state index contributed by atoms with van der Waals surface area (Å²) in [5.74, 6) is 1.12. The van der Waals surface area contributed by atoms with Crippen LogP contribution in [0.3, 0.4) is 0 Å². The number of carbonyl (C=O) groups is 1. The fourth-order valence-electron chi connectivity index (χ4n) is 3.74. The number of hydrogen-bond acceptors (Lipinski definition) is 6. The number of hydrogen-bond donors (Lipinski definition) is 0. The lowest BCUT2D eigenvalue weighted by Gasteiger charge is -2.49. The lowest BCUT2D eigenvalue weighted by atomic mass is 9.83. The smallest absolute Gasteiger partial charge is 0.276 e. The fourth-order valence-corrected chi connectivity index (χ4v) is 6.14. The highest BCUT2D eigenvalue weighted by Crippen LogP contribution is 2.45. The molecule has 0 N–H and O–H groups in total. The molecule has 3 aliphatic rings. The summed E-state index contributed by atoms with van der Waals surface area (Å²) in [5, 5.41) is 3.72. The number of ether oxygens (including phenoxy) is 1. The highest BCUT2D eigenvalue weighted by molar-refractivity contribution is 7.93. The summed E-state index contributed by atoms with van der Waals surface area (Å²) >= 11 is 0. The Morgan fingerprint density at radius 2 is 2.12 bits per heavy atom. The standard InChI is InChI=1S/C16H22N2O5S/c1-11-6-14(17-23-11)15(19)18-9-16(10-18)13(4-5-24(16,20)21)8-22-7-12-2-3-12/h6,12-13H,2-5,7-10H2,1H3/t13-/m0/s1. The maximum atomic E-state index is 12.6. The van der Waals surface area contributed by atoms with Gasteiger partial charge < -0.3 is 14.2 Å². The van der Waals surface area contributed by atoms with Gasteiger partial charge in [0.15, 0.2) is 15.5 Å². The quantitative estimate of drug-likeness (QED) is 0.785. The topological polar surface area (TPSA) is 89.7 Å². The van der Waals surface area contributed by atoms with Gasteiger partial charge in [-0.3, -0.25) is 4.79 Å². The molecule has 24 heavy (non-hydrogen) atoms. The van der Waals surface area contributed by atoms with E-state index in [1.54, 1.807) is 17.9 Å². The summed E-state index contributed by atoms with van der Waals surface area (Å²) in [6.07, 6.45) is 3.05. The van der Waals surface area contributed by atoms with Crippen LogP contribution in [0.25, 0.3) is 0 Å². The first kappa shape index (κ1) is 16.1. The molecule has 1 atom stereocenters. The summed E-state index contributed by atoms with van der Waals surface area (Å²) in [5.41, 5.74) is 0.235. The van der Waals surface area contributed by atoms with Gasteiger partial charge in [-0.05, 0) is 32.1 Å². The summed E-state index contributed by atoms with van der Waals surface area (Å²) in [4.78, 5) is 13.9. The Balaban J connectivity index is 1.43. The first-order valence-electron chi connectivity index (χ1n) is 8.44. The van der Waals surface area contributed by atoms with Crippen molar-refractivity contribution in [2.45, 2.75) is 30.9 Å². The second-order valence-electron chi connectivity index (χ2n) is 7.33. The maximum Gasteiger partial charge on any atom is 0.276 e. The van der Waals surface area contributed by atoms with E-state index in [4.69, 9.17) is 9.26 Å². The number of sulfone groups is 1. The van der Waals surface area contributed by atoms with Gasteiger partial charge >= 0.3 is 0 Å². The molecule has 1 aromatic heterocycles. The van der Waals surface area contributed by atoms with Crippen molar-refractivity contribution in [3.63, 3.8) is 0 Å². The van der Waals surface area contributed by atoms with Crippen LogP contribution in [0, 0.1) is 18.8 Å². The van der Waals surface area contributed by atoms with Crippen molar-refractivity contribution in [1.29, 1.82) is 0 Å². The molecule has 0 bridgehead atoms. The zero-order chi connectivity index (χ0) is 16.9. The average Bonchev–Trinajstić information content (AvgIpc) is 3.14. The molecule has 1 amide bonds. The van der Waals surface area contributed by atoms with Gasteiger partial charge in [0.1, 0.15) is 10.5 Å². The van der Waals surface area contributed by atoms with Crippen molar-refractivity contribution in [2.24, 2.45) is 11.8 Å². The Kier molecular flexibility index (Phi) is 3.72. The zero-order valence-corrected chi connectivity index (χ0v) is 14.5. The van der Waals surface area contributed by atoms with Crippen LogP contribution in [0.1, 0.15) is 35.5 Å². The van der Waals surface area contributed by atoms with E-state index in [0.717, 1.165) is 6.61 Å². The van der Waals surface area contributed by atoms with Gasteiger partial charge in [0.25, 0.3) is 5.91 Å². The third-order valence-corrected chi connectivity index (χ3v) is 8.12. The number of nitrogens with zero attached hydrogens (tertiary/aromatic N) is 2. The number of carbonyl (C=O) groups excluding carboxylic acids is 1. The normalized spacial score (nSPS) is 27.4. The van der Waals surface area contributed by atoms with E-state index < -0.39 is 14.6 Å². The van der Waals surface area contributed by atoms with Crippen LogP contribution in [-0.2, 0) is 14.6 Å². The van der Waals surface area contributed by atoms with Crippen molar-refractivity contribution in [3.8, 4) is 0 Å². The Morgan fingerprint density at radius 1 is 1.38 bits per heavy atom. The first-order chi connectivity index (χ1) is 11.4. The molecule has 0 radical (unpaired) electrons. The molecular weight excluding hydrogens is 332 g/mol. The Bertz CT molecular complexity index is 746. The summed E-state index contributed by atoms with van der Waals surface area (Å²) < 4.78 is 35.0. The molecule has 1 saturated carbocycles. The molecule has 3 fully saturated rings. The molecule has 2 aliphatic heterocycles. The van der Waals surface area contributed by atoms with Crippen LogP contribution >= 0.6 is 0 Å². The molecule has 132 valence electrons. The van der Waals surface area contributed by atoms with Gasteiger partial charge in [-0.1, -0.05) is 5.16 Å². The minimum absolute atomic E-state index is 0.0238.